The molecule has 4 aromatic rings. The SMILES string of the molecule is CC(=O)N(Cc1cccnc1)c1ccc(OCc2ccc3ccccc3n2)cc1. The third-order valence-corrected chi connectivity index (χ3v) is 4.63. The lowest BCUT2D eigenvalue weighted by atomic mass is 10.2. The van der Waals surface area contributed by atoms with Crippen molar-refractivity contribution >= 4 is 22.5 Å². The highest BCUT2D eigenvalue weighted by atomic mass is 16.5. The van der Waals surface area contributed by atoms with E-state index < -0.39 is 0 Å². The summed E-state index contributed by atoms with van der Waals surface area (Å²) >= 11 is 0. The first-order chi connectivity index (χ1) is 14.2. The van der Waals surface area contributed by atoms with Crippen LogP contribution < -0.4 is 9.64 Å². The Morgan fingerprint density at radius 2 is 1.79 bits per heavy atom. The van der Waals surface area contributed by atoms with Crippen LogP contribution in [0.1, 0.15) is 18.2 Å². The summed E-state index contributed by atoms with van der Waals surface area (Å²) in [5.41, 5.74) is 3.62. The largest absolute Gasteiger partial charge is 0.487 e. The minimum Gasteiger partial charge on any atom is -0.487 e. The van der Waals surface area contributed by atoms with Crippen LogP contribution >= 0.6 is 0 Å². The zero-order valence-corrected chi connectivity index (χ0v) is 16.2. The molecule has 0 spiro atoms. The maximum atomic E-state index is 12.1. The van der Waals surface area contributed by atoms with Gasteiger partial charge in [-0.15, -0.1) is 0 Å². The number of anilines is 1. The van der Waals surface area contributed by atoms with Crippen molar-refractivity contribution in [2.45, 2.75) is 20.1 Å². The van der Waals surface area contributed by atoms with Crippen molar-refractivity contribution in [2.24, 2.45) is 0 Å². The van der Waals surface area contributed by atoms with Gasteiger partial charge in [0.1, 0.15) is 12.4 Å². The summed E-state index contributed by atoms with van der Waals surface area (Å²) in [6, 6.07) is 23.4. The van der Waals surface area contributed by atoms with Gasteiger partial charge in [0.25, 0.3) is 0 Å². The Labute approximate surface area is 169 Å². The fourth-order valence-electron chi connectivity index (χ4n) is 3.13. The molecule has 4 rings (SSSR count). The van der Waals surface area contributed by atoms with Crippen LogP contribution in [0.3, 0.4) is 0 Å². The molecule has 2 heterocycles. The summed E-state index contributed by atoms with van der Waals surface area (Å²) in [4.78, 5) is 22.6. The molecular weight excluding hydrogens is 362 g/mol. The molecule has 0 saturated carbocycles. The van der Waals surface area contributed by atoms with Gasteiger partial charge >= 0.3 is 0 Å². The van der Waals surface area contributed by atoms with E-state index in [0.29, 0.717) is 13.2 Å². The molecule has 0 aliphatic heterocycles. The number of carbonyl (C=O) groups excluding carboxylic acids is 1. The van der Waals surface area contributed by atoms with E-state index >= 15 is 0 Å². The van der Waals surface area contributed by atoms with Crippen molar-refractivity contribution < 1.29 is 9.53 Å². The second-order valence-electron chi connectivity index (χ2n) is 6.74. The third kappa shape index (κ3) is 4.58. The average Bonchev–Trinajstić information content (AvgIpc) is 2.77. The van der Waals surface area contributed by atoms with Gasteiger partial charge in [0.2, 0.25) is 5.91 Å². The predicted molar refractivity (Wildman–Crippen MR) is 114 cm³/mol. The van der Waals surface area contributed by atoms with Crippen LogP contribution in [0.25, 0.3) is 10.9 Å². The Bertz CT molecular complexity index is 1110. The third-order valence-electron chi connectivity index (χ3n) is 4.63. The molecule has 2 aromatic heterocycles. The van der Waals surface area contributed by atoms with Crippen LogP contribution in [0.4, 0.5) is 5.69 Å². The molecule has 0 fully saturated rings. The zero-order chi connectivity index (χ0) is 20.1. The Hall–Kier alpha value is -3.73. The highest BCUT2D eigenvalue weighted by Crippen LogP contribution is 2.22. The summed E-state index contributed by atoms with van der Waals surface area (Å²) in [6.07, 6.45) is 3.49. The van der Waals surface area contributed by atoms with E-state index in [1.165, 1.54) is 0 Å². The molecule has 0 bridgehead atoms. The van der Waals surface area contributed by atoms with Crippen LogP contribution in [-0.4, -0.2) is 15.9 Å². The molecule has 0 saturated heterocycles. The lowest BCUT2D eigenvalue weighted by molar-refractivity contribution is -0.116. The standard InChI is InChI=1S/C24H21N3O2/c1-18(28)27(16-19-5-4-14-25-15-19)22-10-12-23(13-11-22)29-17-21-9-8-20-6-2-3-7-24(20)26-21/h2-15H,16-17H2,1H3. The Morgan fingerprint density at radius 1 is 0.966 bits per heavy atom. The maximum absolute atomic E-state index is 12.1. The number of carbonyl (C=O) groups is 1. The van der Waals surface area contributed by atoms with E-state index in [2.05, 4.69) is 9.97 Å². The second-order valence-corrected chi connectivity index (χ2v) is 6.74. The summed E-state index contributed by atoms with van der Waals surface area (Å²) in [6.45, 7) is 2.42. The molecule has 2 aromatic carbocycles. The van der Waals surface area contributed by atoms with Crippen molar-refractivity contribution in [1.82, 2.24) is 9.97 Å². The molecule has 1 amide bonds. The molecule has 0 atom stereocenters. The van der Waals surface area contributed by atoms with Crippen LogP contribution in [0.15, 0.2) is 85.2 Å². The summed E-state index contributed by atoms with van der Waals surface area (Å²) < 4.78 is 5.88. The molecule has 0 N–H and O–H groups in total. The number of amides is 1. The lowest BCUT2D eigenvalue weighted by Crippen LogP contribution is -2.27. The van der Waals surface area contributed by atoms with Gasteiger partial charge in [-0.3, -0.25) is 9.78 Å². The number of hydrogen-bond donors (Lipinski definition) is 0. The number of aromatic nitrogens is 2. The second kappa shape index (κ2) is 8.52. The topological polar surface area (TPSA) is 55.3 Å². The van der Waals surface area contributed by atoms with Crippen molar-refractivity contribution in [1.29, 1.82) is 0 Å². The Morgan fingerprint density at radius 3 is 2.55 bits per heavy atom. The number of benzene rings is 2. The van der Waals surface area contributed by atoms with E-state index in [-0.39, 0.29) is 5.91 Å². The lowest BCUT2D eigenvalue weighted by Gasteiger charge is -2.21. The molecular formula is C24H21N3O2. The van der Waals surface area contributed by atoms with Gasteiger partial charge in [-0.2, -0.15) is 0 Å². The highest BCUT2D eigenvalue weighted by Gasteiger charge is 2.12. The summed E-state index contributed by atoms with van der Waals surface area (Å²) in [7, 11) is 0. The van der Waals surface area contributed by atoms with Crippen LogP contribution in [0.2, 0.25) is 0 Å². The van der Waals surface area contributed by atoms with Gasteiger partial charge in [-0.1, -0.05) is 30.3 Å². The van der Waals surface area contributed by atoms with E-state index in [1.807, 2.05) is 72.8 Å². The van der Waals surface area contributed by atoms with E-state index in [1.54, 1.807) is 24.2 Å². The van der Waals surface area contributed by atoms with Crippen LogP contribution in [-0.2, 0) is 17.9 Å². The Kier molecular flexibility index (Phi) is 5.47. The smallest absolute Gasteiger partial charge is 0.224 e. The molecule has 0 aliphatic rings. The Balaban J connectivity index is 1.44. The molecule has 0 radical (unpaired) electrons. The number of hydrogen-bond acceptors (Lipinski definition) is 4. The van der Waals surface area contributed by atoms with Crippen molar-refractivity contribution in [3.63, 3.8) is 0 Å². The number of nitrogens with zero attached hydrogens (tertiary/aromatic N) is 3. The minimum atomic E-state index is -0.0251. The monoisotopic (exact) mass is 383 g/mol. The van der Waals surface area contributed by atoms with Gasteiger partial charge in [0.05, 0.1) is 17.8 Å². The van der Waals surface area contributed by atoms with Gasteiger partial charge in [-0.25, -0.2) is 4.98 Å². The summed E-state index contributed by atoms with van der Waals surface area (Å²) in [5.74, 6) is 0.705. The van der Waals surface area contributed by atoms with Crippen molar-refractivity contribution in [3.05, 3.63) is 96.4 Å². The first-order valence-electron chi connectivity index (χ1n) is 9.43. The van der Waals surface area contributed by atoms with Gasteiger partial charge in [-0.05, 0) is 48.0 Å². The first-order valence-corrected chi connectivity index (χ1v) is 9.43. The normalized spacial score (nSPS) is 10.7. The maximum Gasteiger partial charge on any atom is 0.224 e. The van der Waals surface area contributed by atoms with E-state index in [0.717, 1.165) is 33.6 Å². The van der Waals surface area contributed by atoms with E-state index in [9.17, 15) is 4.79 Å². The molecule has 5 nitrogen and oxygen atoms in total. The van der Waals surface area contributed by atoms with Crippen LogP contribution in [0.5, 0.6) is 5.75 Å². The number of rotatable bonds is 6. The van der Waals surface area contributed by atoms with Crippen molar-refractivity contribution in [2.75, 3.05) is 4.90 Å². The average molecular weight is 383 g/mol. The molecule has 0 aliphatic carbocycles. The highest BCUT2D eigenvalue weighted by molar-refractivity contribution is 5.91. The zero-order valence-electron chi connectivity index (χ0n) is 16.2. The molecule has 29 heavy (non-hydrogen) atoms. The molecule has 5 heteroatoms. The number of fused-ring (bicyclic) bond motifs is 1. The minimum absolute atomic E-state index is 0.0251. The summed E-state index contributed by atoms with van der Waals surface area (Å²) in [5, 5.41) is 1.11. The van der Waals surface area contributed by atoms with Gasteiger partial charge in [0, 0.05) is 30.4 Å². The van der Waals surface area contributed by atoms with Crippen molar-refractivity contribution in [3.8, 4) is 5.75 Å². The predicted octanol–water partition coefficient (Wildman–Crippen LogP) is 4.76. The fraction of sp³-hybridized carbons (Fsp3) is 0.125. The quantitative estimate of drug-likeness (QED) is 0.482. The number of ether oxygens (including phenoxy) is 1. The molecule has 0 unspecified atom stereocenters. The van der Waals surface area contributed by atoms with E-state index in [4.69, 9.17) is 4.74 Å². The fourth-order valence-corrected chi connectivity index (χ4v) is 3.13. The number of para-hydroxylation sites is 1. The molecule has 144 valence electrons. The van der Waals surface area contributed by atoms with Gasteiger partial charge < -0.3 is 9.64 Å². The number of pyridine rings is 2. The first kappa shape index (κ1) is 18.6. The van der Waals surface area contributed by atoms with Crippen LogP contribution in [0, 0.1) is 0 Å². The van der Waals surface area contributed by atoms with Gasteiger partial charge in [0.15, 0.2) is 0 Å².